The average Bonchev–Trinajstić information content (AvgIpc) is 3.15. The van der Waals surface area contributed by atoms with Crippen molar-refractivity contribution < 1.29 is 4.39 Å². The molecular weight excluding hydrogens is 474 g/mol. The van der Waals surface area contributed by atoms with E-state index in [0.29, 0.717) is 52.0 Å². The van der Waals surface area contributed by atoms with E-state index >= 15 is 0 Å². The van der Waals surface area contributed by atoms with Crippen molar-refractivity contribution in [2.75, 3.05) is 13.1 Å². The molecule has 3 aromatic rings. The maximum atomic E-state index is 13.5. The van der Waals surface area contributed by atoms with Crippen LogP contribution in [0.4, 0.5) is 10.2 Å². The molecule has 34 heavy (non-hydrogen) atoms. The molecule has 1 aliphatic heterocycles. The maximum absolute atomic E-state index is 13.5. The molecule has 0 spiro atoms. The predicted molar refractivity (Wildman–Crippen MR) is 138 cm³/mol. The number of imidazole rings is 1. The van der Waals surface area contributed by atoms with Crippen LogP contribution in [0.2, 0.25) is 10.0 Å². The molecule has 1 aliphatic rings. The van der Waals surface area contributed by atoms with Gasteiger partial charge in [-0.3, -0.25) is 0 Å². The highest BCUT2D eigenvalue weighted by molar-refractivity contribution is 6.39. The number of benzene rings is 2. The number of hydrogen-bond donors (Lipinski definition) is 3. The van der Waals surface area contributed by atoms with Crippen molar-refractivity contribution in [3.8, 4) is 11.4 Å². The molecule has 1 aromatic heterocycles. The maximum Gasteiger partial charge on any atom is 0.195 e. The smallest absolute Gasteiger partial charge is 0.195 e. The van der Waals surface area contributed by atoms with E-state index in [1.807, 2.05) is 10.6 Å². The number of piperidine rings is 1. The van der Waals surface area contributed by atoms with Crippen molar-refractivity contribution in [1.82, 2.24) is 20.2 Å². The Balaban J connectivity index is 1.73. The van der Waals surface area contributed by atoms with Crippen molar-refractivity contribution in [2.45, 2.75) is 25.9 Å². The number of rotatable bonds is 7. The van der Waals surface area contributed by atoms with Gasteiger partial charge in [0, 0.05) is 13.1 Å². The van der Waals surface area contributed by atoms with E-state index in [-0.39, 0.29) is 11.8 Å². The molecule has 9 heteroatoms. The molecule has 2 heterocycles. The van der Waals surface area contributed by atoms with Crippen molar-refractivity contribution in [3.05, 3.63) is 76.2 Å². The first-order chi connectivity index (χ1) is 16.5. The Kier molecular flexibility index (Phi) is 7.88. The van der Waals surface area contributed by atoms with Crippen LogP contribution in [0, 0.1) is 11.7 Å². The zero-order valence-corrected chi connectivity index (χ0v) is 20.2. The molecule has 1 fully saturated rings. The van der Waals surface area contributed by atoms with Gasteiger partial charge in [0.1, 0.15) is 17.3 Å². The van der Waals surface area contributed by atoms with Crippen LogP contribution < -0.4 is 16.4 Å². The second-order valence-electron chi connectivity index (χ2n) is 8.25. The minimum atomic E-state index is -0.302. The van der Waals surface area contributed by atoms with Gasteiger partial charge in [-0.05, 0) is 67.8 Å². The first-order valence-electron chi connectivity index (χ1n) is 11.2. The molecule has 0 unspecified atom stereocenters. The molecule has 0 saturated carbocycles. The molecule has 4 N–H and O–H groups in total. The topological polar surface area (TPSA) is 80.3 Å². The Morgan fingerprint density at radius 2 is 2.06 bits per heavy atom. The van der Waals surface area contributed by atoms with Crippen LogP contribution in [0.3, 0.4) is 0 Å². The summed E-state index contributed by atoms with van der Waals surface area (Å²) in [6.07, 6.45) is 3.83. The predicted octanol–water partition coefficient (Wildman–Crippen LogP) is 5.37. The summed E-state index contributed by atoms with van der Waals surface area (Å²) in [5.74, 6) is 1.45. The number of nitrogens with two attached hydrogens (primary N) is 1. The highest BCUT2D eigenvalue weighted by atomic mass is 35.5. The van der Waals surface area contributed by atoms with Crippen molar-refractivity contribution in [3.63, 3.8) is 0 Å². The third kappa shape index (κ3) is 5.60. The summed E-state index contributed by atoms with van der Waals surface area (Å²) in [7, 11) is 0. The third-order valence-corrected chi connectivity index (χ3v) is 6.41. The van der Waals surface area contributed by atoms with E-state index in [1.165, 1.54) is 12.1 Å². The molecule has 0 aliphatic carbocycles. The van der Waals surface area contributed by atoms with Crippen LogP contribution in [-0.2, 0) is 13.1 Å². The summed E-state index contributed by atoms with van der Waals surface area (Å²) < 4.78 is 15.5. The van der Waals surface area contributed by atoms with Crippen LogP contribution in [0.25, 0.3) is 17.5 Å². The molecule has 0 radical (unpaired) electrons. The second-order valence-corrected chi connectivity index (χ2v) is 9.06. The SMILES string of the molecule is C=Cc1nc(-c2c(Cl)cccc2Cl)n(C[C@@H]2CCCNC2)c1/N=C(\N)NCc1cccc(F)c1. The Labute approximate surface area is 208 Å². The van der Waals surface area contributed by atoms with Crippen LogP contribution in [0.5, 0.6) is 0 Å². The van der Waals surface area contributed by atoms with E-state index in [2.05, 4.69) is 22.2 Å². The van der Waals surface area contributed by atoms with E-state index in [9.17, 15) is 4.39 Å². The molecule has 6 nitrogen and oxygen atoms in total. The van der Waals surface area contributed by atoms with E-state index in [4.69, 9.17) is 33.9 Å². The largest absolute Gasteiger partial charge is 0.370 e. The second kappa shape index (κ2) is 11.0. The summed E-state index contributed by atoms with van der Waals surface area (Å²) in [5.41, 5.74) is 8.21. The summed E-state index contributed by atoms with van der Waals surface area (Å²) in [6.45, 7) is 6.83. The van der Waals surface area contributed by atoms with Crippen molar-refractivity contribution in [2.24, 2.45) is 16.6 Å². The lowest BCUT2D eigenvalue weighted by Crippen LogP contribution is -2.33. The summed E-state index contributed by atoms with van der Waals surface area (Å²) in [6, 6.07) is 11.7. The van der Waals surface area contributed by atoms with Crippen LogP contribution in [-0.4, -0.2) is 28.6 Å². The van der Waals surface area contributed by atoms with Gasteiger partial charge in [-0.2, -0.15) is 4.99 Å². The zero-order valence-electron chi connectivity index (χ0n) is 18.7. The number of guanidine groups is 1. The third-order valence-electron chi connectivity index (χ3n) is 5.78. The van der Waals surface area contributed by atoms with E-state index in [1.54, 1.807) is 30.3 Å². The minimum absolute atomic E-state index is 0.187. The van der Waals surface area contributed by atoms with Crippen LogP contribution >= 0.6 is 23.2 Å². The Morgan fingerprint density at radius 1 is 1.29 bits per heavy atom. The fraction of sp³-hybridized carbons (Fsp3) is 0.280. The average molecular weight is 501 g/mol. The first-order valence-corrected chi connectivity index (χ1v) is 11.9. The summed E-state index contributed by atoms with van der Waals surface area (Å²) >= 11 is 13.1. The highest BCUT2D eigenvalue weighted by Gasteiger charge is 2.24. The Hall–Kier alpha value is -2.87. The van der Waals surface area contributed by atoms with Gasteiger partial charge >= 0.3 is 0 Å². The number of halogens is 3. The van der Waals surface area contributed by atoms with Gasteiger partial charge in [0.05, 0.1) is 15.6 Å². The van der Waals surface area contributed by atoms with Gasteiger partial charge in [0.2, 0.25) is 0 Å². The number of nitrogens with zero attached hydrogens (tertiary/aromatic N) is 3. The standard InChI is InChI=1S/C25H27Cl2FN6/c1-2-21-23(33-25(29)31-14-16-6-3-8-18(28)12-16)34(15-17-7-5-11-30-13-17)24(32-21)22-19(26)9-4-10-20(22)27/h2-4,6,8-10,12,17,30H,1,5,7,11,13-15H2,(H3,29,31,33)/t17-/m1/s1. The van der Waals surface area contributed by atoms with E-state index < -0.39 is 0 Å². The number of aliphatic imine (C=N–C) groups is 1. The zero-order chi connectivity index (χ0) is 24.1. The minimum Gasteiger partial charge on any atom is -0.370 e. The molecule has 178 valence electrons. The van der Waals surface area contributed by atoms with Gasteiger partial charge in [0.15, 0.2) is 11.8 Å². The lowest BCUT2D eigenvalue weighted by Gasteiger charge is -2.24. The molecule has 0 amide bonds. The van der Waals surface area contributed by atoms with Crippen molar-refractivity contribution in [1.29, 1.82) is 0 Å². The molecule has 1 atom stereocenters. The van der Waals surface area contributed by atoms with Gasteiger partial charge < -0.3 is 20.9 Å². The molecule has 4 rings (SSSR count). The highest BCUT2D eigenvalue weighted by Crippen LogP contribution is 2.38. The molecule has 2 aromatic carbocycles. The van der Waals surface area contributed by atoms with Gasteiger partial charge in [-0.15, -0.1) is 0 Å². The van der Waals surface area contributed by atoms with Gasteiger partial charge in [0.25, 0.3) is 0 Å². The van der Waals surface area contributed by atoms with Gasteiger partial charge in [-0.25, -0.2) is 9.37 Å². The quantitative estimate of drug-likeness (QED) is 0.300. The number of hydrogen-bond acceptors (Lipinski definition) is 3. The lowest BCUT2D eigenvalue weighted by atomic mass is 9.99. The van der Waals surface area contributed by atoms with Crippen molar-refractivity contribution >= 4 is 41.1 Å². The van der Waals surface area contributed by atoms with E-state index in [0.717, 1.165) is 31.5 Å². The van der Waals surface area contributed by atoms with Gasteiger partial charge in [-0.1, -0.05) is 48.0 Å². The normalized spacial score (nSPS) is 16.4. The Morgan fingerprint density at radius 3 is 2.74 bits per heavy atom. The molecular formula is C25H27Cl2FN6. The molecule has 1 saturated heterocycles. The molecule has 0 bridgehead atoms. The lowest BCUT2D eigenvalue weighted by molar-refractivity contribution is 0.339. The van der Waals surface area contributed by atoms with Crippen LogP contribution in [0.1, 0.15) is 24.1 Å². The monoisotopic (exact) mass is 500 g/mol. The fourth-order valence-corrected chi connectivity index (χ4v) is 4.69. The summed E-state index contributed by atoms with van der Waals surface area (Å²) in [5, 5.41) is 7.51. The first kappa shape index (κ1) is 24.3. The number of nitrogens with one attached hydrogen (secondary N) is 2. The summed E-state index contributed by atoms with van der Waals surface area (Å²) in [4.78, 5) is 9.44. The number of aromatic nitrogens is 2. The Bertz CT molecular complexity index is 1180. The fourth-order valence-electron chi connectivity index (χ4n) is 4.12. The van der Waals surface area contributed by atoms with Crippen LogP contribution in [0.15, 0.2) is 54.0 Å².